The molecule has 0 atom stereocenters. The van der Waals surface area contributed by atoms with Crippen molar-refractivity contribution >= 4 is 33.1 Å². The first kappa shape index (κ1) is 15.1. The number of thiophene rings is 1. The van der Waals surface area contributed by atoms with E-state index in [1.165, 1.54) is 0 Å². The summed E-state index contributed by atoms with van der Waals surface area (Å²) in [6.07, 6.45) is 1.87. The van der Waals surface area contributed by atoms with E-state index in [2.05, 4.69) is 33.9 Å². The average molecular weight is 357 g/mol. The first-order valence-electron chi connectivity index (χ1n) is 8.36. The summed E-state index contributed by atoms with van der Waals surface area (Å²) in [5.74, 6) is 0. The molecule has 5 heteroatoms. The van der Waals surface area contributed by atoms with Crippen LogP contribution in [0.5, 0.6) is 0 Å². The third kappa shape index (κ3) is 2.53. The van der Waals surface area contributed by atoms with Gasteiger partial charge in [0.15, 0.2) is 5.65 Å². The number of benzene rings is 2. The summed E-state index contributed by atoms with van der Waals surface area (Å²) < 4.78 is 0. The first-order valence-corrected chi connectivity index (χ1v) is 9.31. The maximum Gasteiger partial charge on any atom is 0.200 e. The number of hydrogen-bond acceptors (Lipinski definition) is 4. The molecule has 2 aromatic carbocycles. The van der Waals surface area contributed by atoms with Crippen LogP contribution in [0.2, 0.25) is 0 Å². The molecule has 0 fully saturated rings. The Morgan fingerprint density at radius 3 is 2.65 bits per heavy atom. The van der Waals surface area contributed by atoms with E-state index in [4.69, 9.17) is 9.94 Å². The lowest BCUT2D eigenvalue weighted by Crippen LogP contribution is -2.13. The van der Waals surface area contributed by atoms with E-state index in [-0.39, 0.29) is 0 Å². The second-order valence-electron chi connectivity index (χ2n) is 6.04. The average Bonchev–Trinajstić information content (AvgIpc) is 3.35. The molecule has 3 aromatic heterocycles. The highest BCUT2D eigenvalue weighted by molar-refractivity contribution is 7.08. The van der Waals surface area contributed by atoms with Crippen molar-refractivity contribution in [1.82, 2.24) is 14.9 Å². The van der Waals surface area contributed by atoms with Gasteiger partial charge in [-0.05, 0) is 22.4 Å². The van der Waals surface area contributed by atoms with Gasteiger partial charge < -0.3 is 4.84 Å². The number of fused-ring (bicyclic) bond motifs is 3. The molecule has 26 heavy (non-hydrogen) atoms. The van der Waals surface area contributed by atoms with Crippen LogP contribution in [0.1, 0.15) is 5.56 Å². The van der Waals surface area contributed by atoms with Gasteiger partial charge >= 0.3 is 0 Å². The van der Waals surface area contributed by atoms with Crippen LogP contribution in [0, 0.1) is 0 Å². The molecule has 0 aliphatic carbocycles. The first-order chi connectivity index (χ1) is 12.9. The van der Waals surface area contributed by atoms with Crippen molar-refractivity contribution in [3.05, 3.63) is 83.2 Å². The zero-order valence-electron chi connectivity index (χ0n) is 13.9. The fourth-order valence-corrected chi connectivity index (χ4v) is 3.76. The van der Waals surface area contributed by atoms with Gasteiger partial charge in [0.1, 0.15) is 12.3 Å². The highest BCUT2D eigenvalue weighted by atomic mass is 32.1. The molecule has 0 spiro atoms. The molecule has 0 bridgehead atoms. The Morgan fingerprint density at radius 1 is 0.962 bits per heavy atom. The Morgan fingerprint density at radius 2 is 1.81 bits per heavy atom. The van der Waals surface area contributed by atoms with Crippen LogP contribution in [-0.4, -0.2) is 14.9 Å². The van der Waals surface area contributed by atoms with E-state index in [0.717, 1.165) is 38.6 Å². The van der Waals surface area contributed by atoms with Crippen LogP contribution in [0.15, 0.2) is 77.6 Å². The number of rotatable bonds is 4. The molecule has 0 aliphatic heterocycles. The minimum atomic E-state index is 0.440. The molecule has 5 rings (SSSR count). The van der Waals surface area contributed by atoms with E-state index in [1.54, 1.807) is 16.2 Å². The summed E-state index contributed by atoms with van der Waals surface area (Å²) in [5, 5.41) is 12.1. The van der Waals surface area contributed by atoms with Crippen LogP contribution >= 0.6 is 11.3 Å². The van der Waals surface area contributed by atoms with Crippen molar-refractivity contribution in [3.8, 4) is 11.3 Å². The van der Waals surface area contributed by atoms with E-state index in [0.29, 0.717) is 6.61 Å². The fraction of sp³-hybridized carbons (Fsp3) is 0.0476. The Hall–Kier alpha value is -3.18. The molecule has 0 aliphatic rings. The fourth-order valence-electron chi connectivity index (χ4n) is 3.12. The second-order valence-corrected chi connectivity index (χ2v) is 6.82. The molecule has 126 valence electrons. The van der Waals surface area contributed by atoms with Crippen molar-refractivity contribution in [2.24, 2.45) is 0 Å². The molecule has 0 N–H and O–H groups in total. The predicted molar refractivity (Wildman–Crippen MR) is 105 cm³/mol. The normalized spacial score (nSPS) is 11.2. The standard InChI is InChI=1S/C21H15N3OS/c1-2-6-15(7-3-1)13-25-24-21-19(20(23-24)17-10-11-26-14-17)18-9-5-4-8-16(18)12-22-21/h1-12,14H,13H2. The Bertz CT molecular complexity index is 1180. The summed E-state index contributed by atoms with van der Waals surface area (Å²) in [5.41, 5.74) is 3.81. The minimum absolute atomic E-state index is 0.440. The second kappa shape index (κ2) is 6.28. The third-order valence-electron chi connectivity index (χ3n) is 4.38. The molecule has 0 unspecified atom stereocenters. The van der Waals surface area contributed by atoms with Crippen LogP contribution in [0.25, 0.3) is 33.1 Å². The summed E-state index contributed by atoms with van der Waals surface area (Å²) in [6.45, 7) is 0.440. The monoisotopic (exact) mass is 357 g/mol. The van der Waals surface area contributed by atoms with Gasteiger partial charge in [-0.25, -0.2) is 4.98 Å². The maximum atomic E-state index is 5.98. The SMILES string of the molecule is c1ccc(COn2nc(-c3ccsc3)c3c4ccccc4cnc32)cc1. The largest absolute Gasteiger partial charge is 0.390 e. The van der Waals surface area contributed by atoms with E-state index >= 15 is 0 Å². The molecular weight excluding hydrogens is 342 g/mol. The van der Waals surface area contributed by atoms with Crippen LogP contribution < -0.4 is 4.84 Å². The predicted octanol–water partition coefficient (Wildman–Crippen LogP) is 4.94. The number of hydrogen-bond donors (Lipinski definition) is 0. The maximum absolute atomic E-state index is 5.98. The lowest BCUT2D eigenvalue weighted by atomic mass is 10.1. The van der Waals surface area contributed by atoms with Crippen LogP contribution in [-0.2, 0) is 6.61 Å². The van der Waals surface area contributed by atoms with E-state index in [9.17, 15) is 0 Å². The van der Waals surface area contributed by atoms with E-state index in [1.807, 2.05) is 48.7 Å². The minimum Gasteiger partial charge on any atom is -0.390 e. The van der Waals surface area contributed by atoms with Gasteiger partial charge in [0, 0.05) is 22.5 Å². The molecule has 3 heterocycles. The number of nitrogens with zero attached hydrogens (tertiary/aromatic N) is 3. The highest BCUT2D eigenvalue weighted by Gasteiger charge is 2.17. The zero-order chi connectivity index (χ0) is 17.3. The Labute approximate surface area is 154 Å². The van der Waals surface area contributed by atoms with Gasteiger partial charge in [-0.15, -0.1) is 5.10 Å². The Kier molecular flexibility index (Phi) is 3.65. The van der Waals surface area contributed by atoms with Crippen LogP contribution in [0.3, 0.4) is 0 Å². The molecule has 0 amide bonds. The van der Waals surface area contributed by atoms with Crippen molar-refractivity contribution in [3.63, 3.8) is 0 Å². The number of aromatic nitrogens is 3. The summed E-state index contributed by atoms with van der Waals surface area (Å²) in [7, 11) is 0. The highest BCUT2D eigenvalue weighted by Crippen LogP contribution is 2.33. The van der Waals surface area contributed by atoms with Crippen molar-refractivity contribution < 1.29 is 4.84 Å². The van der Waals surface area contributed by atoms with Gasteiger partial charge in [0.2, 0.25) is 0 Å². The smallest absolute Gasteiger partial charge is 0.200 e. The summed E-state index contributed by atoms with van der Waals surface area (Å²) in [6, 6.07) is 20.4. The van der Waals surface area contributed by atoms with Gasteiger partial charge in [0.05, 0.1) is 5.39 Å². The summed E-state index contributed by atoms with van der Waals surface area (Å²) >= 11 is 1.66. The van der Waals surface area contributed by atoms with Gasteiger partial charge in [-0.3, -0.25) is 0 Å². The van der Waals surface area contributed by atoms with Crippen molar-refractivity contribution in [2.75, 3.05) is 0 Å². The van der Waals surface area contributed by atoms with Gasteiger partial charge in [0.25, 0.3) is 0 Å². The van der Waals surface area contributed by atoms with Crippen molar-refractivity contribution in [1.29, 1.82) is 0 Å². The van der Waals surface area contributed by atoms with E-state index < -0.39 is 0 Å². The summed E-state index contributed by atoms with van der Waals surface area (Å²) in [4.78, 5) is 12.2. The molecule has 4 nitrogen and oxygen atoms in total. The quantitative estimate of drug-likeness (QED) is 0.457. The Balaban J connectivity index is 1.68. The third-order valence-corrected chi connectivity index (χ3v) is 5.06. The molecule has 0 saturated carbocycles. The molecule has 5 aromatic rings. The van der Waals surface area contributed by atoms with Crippen molar-refractivity contribution in [2.45, 2.75) is 6.61 Å². The lowest BCUT2D eigenvalue weighted by Gasteiger charge is -2.06. The van der Waals surface area contributed by atoms with Gasteiger partial charge in [-0.1, -0.05) is 59.4 Å². The topological polar surface area (TPSA) is 39.9 Å². The lowest BCUT2D eigenvalue weighted by molar-refractivity contribution is 0.0788. The molecular formula is C21H15N3OS. The zero-order valence-corrected chi connectivity index (χ0v) is 14.7. The number of pyridine rings is 1. The van der Waals surface area contributed by atoms with Gasteiger partial charge in [-0.2, -0.15) is 11.3 Å². The van der Waals surface area contributed by atoms with Crippen LogP contribution in [0.4, 0.5) is 0 Å². The molecule has 0 saturated heterocycles. The molecule has 0 radical (unpaired) electrons.